The molecular weight excluding hydrogens is 528 g/mol. The second-order valence-electron chi connectivity index (χ2n) is 7.00. The molecule has 0 saturated carbocycles. The van der Waals surface area contributed by atoms with Gasteiger partial charge in [0, 0.05) is 18.1 Å². The zero-order valence-electron chi connectivity index (χ0n) is 17.7. The Morgan fingerprint density at radius 2 is 2.18 bits per heavy atom. The molecule has 1 aromatic rings. The standard InChI is InChI=1S/C16H20N8O6S4/c1-34(29,30)18-3-4-23-16(20-21-22-23)33-7-9-6-32-14-11(19-10(25)8-31-5-2-17)13(26)24(14)12(9)15(27)28/h11,14,18H,3-8H2,1H3,(H,19,25)(H,27,28)/t11-,14-/m1/s1. The highest BCUT2D eigenvalue weighted by atomic mass is 32.2. The van der Waals surface area contributed by atoms with Gasteiger partial charge in [-0.1, -0.05) is 11.8 Å². The van der Waals surface area contributed by atoms with Crippen LogP contribution in [-0.2, 0) is 31.0 Å². The number of fused-ring (bicyclic) bond motifs is 1. The smallest absolute Gasteiger partial charge is 0.352 e. The zero-order valence-corrected chi connectivity index (χ0v) is 21.0. The number of β-lactam (4-membered cyclic amide) rings is 1. The quantitative estimate of drug-likeness (QED) is 0.152. The van der Waals surface area contributed by atoms with E-state index in [0.717, 1.165) is 18.0 Å². The third-order valence-corrected chi connectivity index (χ3v) is 8.44. The van der Waals surface area contributed by atoms with E-state index in [4.69, 9.17) is 5.26 Å². The highest BCUT2D eigenvalue weighted by Crippen LogP contribution is 2.41. The molecule has 1 saturated heterocycles. The van der Waals surface area contributed by atoms with Crippen LogP contribution in [0.1, 0.15) is 0 Å². The fourth-order valence-corrected chi connectivity index (χ4v) is 6.44. The predicted octanol–water partition coefficient (Wildman–Crippen LogP) is -1.69. The summed E-state index contributed by atoms with van der Waals surface area (Å²) in [5.41, 5.74) is 0.383. The van der Waals surface area contributed by atoms with Crippen molar-refractivity contribution in [3.8, 4) is 6.07 Å². The summed E-state index contributed by atoms with van der Waals surface area (Å²) in [5, 5.41) is 32.0. The monoisotopic (exact) mass is 548 g/mol. The maximum absolute atomic E-state index is 12.7. The van der Waals surface area contributed by atoms with Crippen molar-refractivity contribution >= 4 is 63.1 Å². The number of hydrogen-bond acceptors (Lipinski definition) is 12. The number of aromatic nitrogens is 4. The van der Waals surface area contributed by atoms with E-state index < -0.39 is 39.2 Å². The Balaban J connectivity index is 1.63. The largest absolute Gasteiger partial charge is 0.477 e. The van der Waals surface area contributed by atoms with Crippen molar-refractivity contribution in [3.63, 3.8) is 0 Å². The molecule has 0 spiro atoms. The first-order valence-corrected chi connectivity index (χ1v) is 14.7. The topological polar surface area (TPSA) is 200 Å². The summed E-state index contributed by atoms with van der Waals surface area (Å²) in [5.74, 6) is -1.43. The van der Waals surface area contributed by atoms with E-state index in [1.807, 2.05) is 6.07 Å². The number of aliphatic carboxylic acids is 1. The molecule has 18 heteroatoms. The minimum absolute atomic E-state index is 0.0344. The molecule has 2 aliphatic rings. The number of nitrogens with zero attached hydrogens (tertiary/aromatic N) is 6. The lowest BCUT2D eigenvalue weighted by molar-refractivity contribution is -0.150. The number of nitrogens with one attached hydrogen (secondary N) is 2. The van der Waals surface area contributed by atoms with Gasteiger partial charge in [-0.3, -0.25) is 14.5 Å². The highest BCUT2D eigenvalue weighted by molar-refractivity contribution is 8.01. The molecule has 0 aliphatic carbocycles. The van der Waals surface area contributed by atoms with Gasteiger partial charge >= 0.3 is 5.97 Å². The van der Waals surface area contributed by atoms with Crippen LogP contribution in [0.2, 0.25) is 0 Å². The molecule has 1 aromatic heterocycles. The van der Waals surface area contributed by atoms with Gasteiger partial charge in [0.25, 0.3) is 5.91 Å². The summed E-state index contributed by atoms with van der Waals surface area (Å²) >= 11 is 3.64. The van der Waals surface area contributed by atoms with Gasteiger partial charge in [0.2, 0.25) is 21.1 Å². The number of amides is 2. The van der Waals surface area contributed by atoms with E-state index in [0.29, 0.717) is 16.5 Å². The normalized spacial score (nSPS) is 19.9. The van der Waals surface area contributed by atoms with E-state index in [1.165, 1.54) is 33.1 Å². The van der Waals surface area contributed by atoms with Crippen LogP contribution in [0.5, 0.6) is 0 Å². The van der Waals surface area contributed by atoms with Crippen molar-refractivity contribution in [3.05, 3.63) is 11.3 Å². The van der Waals surface area contributed by atoms with E-state index in [9.17, 15) is 27.9 Å². The predicted molar refractivity (Wildman–Crippen MR) is 124 cm³/mol. The molecule has 0 unspecified atom stereocenters. The van der Waals surface area contributed by atoms with Gasteiger partial charge in [-0.2, -0.15) is 5.26 Å². The fraction of sp³-hybridized carbons (Fsp3) is 0.562. The van der Waals surface area contributed by atoms with Gasteiger partial charge in [-0.25, -0.2) is 22.6 Å². The van der Waals surface area contributed by atoms with Crippen molar-refractivity contribution in [2.45, 2.75) is 23.1 Å². The molecule has 2 amide bonds. The molecule has 0 bridgehead atoms. The lowest BCUT2D eigenvalue weighted by Crippen LogP contribution is -2.70. The number of carbonyl (C=O) groups is 3. The Bertz CT molecular complexity index is 1150. The van der Waals surface area contributed by atoms with Crippen LogP contribution in [0.4, 0.5) is 0 Å². The average Bonchev–Trinajstić information content (AvgIpc) is 3.21. The first-order chi connectivity index (χ1) is 16.1. The van der Waals surface area contributed by atoms with Crippen molar-refractivity contribution in [2.24, 2.45) is 0 Å². The lowest BCUT2D eigenvalue weighted by Gasteiger charge is -2.49. The molecule has 34 heavy (non-hydrogen) atoms. The lowest BCUT2D eigenvalue weighted by atomic mass is 10.0. The third kappa shape index (κ3) is 6.41. The third-order valence-electron chi connectivity index (χ3n) is 4.53. The van der Waals surface area contributed by atoms with Crippen LogP contribution >= 0.6 is 35.3 Å². The van der Waals surface area contributed by atoms with Crippen molar-refractivity contribution in [1.29, 1.82) is 5.26 Å². The number of thioether (sulfide) groups is 3. The number of carboxylic acid groups (broad SMARTS) is 1. The first kappa shape index (κ1) is 26.3. The van der Waals surface area contributed by atoms with Gasteiger partial charge in [0.15, 0.2) is 0 Å². The summed E-state index contributed by atoms with van der Waals surface area (Å²) < 4.78 is 26.1. The van der Waals surface area contributed by atoms with E-state index in [2.05, 4.69) is 25.6 Å². The molecule has 0 radical (unpaired) electrons. The molecule has 1 fully saturated rings. The average molecular weight is 549 g/mol. The van der Waals surface area contributed by atoms with Crippen LogP contribution in [0, 0.1) is 11.3 Å². The van der Waals surface area contributed by atoms with Crippen molar-refractivity contribution < 1.29 is 27.9 Å². The summed E-state index contributed by atoms with van der Waals surface area (Å²) in [6, 6.07) is 1.09. The summed E-state index contributed by atoms with van der Waals surface area (Å²) in [6.07, 6.45) is 1.04. The summed E-state index contributed by atoms with van der Waals surface area (Å²) in [7, 11) is -3.36. The van der Waals surface area contributed by atoms with Gasteiger partial charge in [-0.15, -0.1) is 28.6 Å². The number of tetrazole rings is 1. The molecule has 2 atom stereocenters. The number of carbonyl (C=O) groups excluding carboxylic acids is 2. The van der Waals surface area contributed by atoms with E-state index in [1.54, 1.807) is 0 Å². The zero-order chi connectivity index (χ0) is 24.9. The van der Waals surface area contributed by atoms with E-state index >= 15 is 0 Å². The van der Waals surface area contributed by atoms with Gasteiger partial charge in [-0.05, 0) is 16.0 Å². The Kier molecular flexibility index (Phi) is 8.81. The highest BCUT2D eigenvalue weighted by Gasteiger charge is 2.54. The van der Waals surface area contributed by atoms with E-state index in [-0.39, 0.29) is 36.0 Å². The van der Waals surface area contributed by atoms with Crippen LogP contribution in [0.15, 0.2) is 16.4 Å². The van der Waals surface area contributed by atoms with Crippen molar-refractivity contribution in [1.82, 2.24) is 35.1 Å². The van der Waals surface area contributed by atoms with Crippen LogP contribution in [0.3, 0.4) is 0 Å². The minimum atomic E-state index is -3.36. The Hall–Kier alpha value is -2.33. The number of carboxylic acids is 1. The van der Waals surface area contributed by atoms with Gasteiger partial charge in [0.1, 0.15) is 17.1 Å². The molecule has 0 aromatic carbocycles. The second-order valence-corrected chi connectivity index (χ2v) is 11.9. The molecular formula is C16H20N8O6S4. The van der Waals surface area contributed by atoms with Gasteiger partial charge < -0.3 is 10.4 Å². The molecule has 184 valence electrons. The molecule has 3 heterocycles. The number of rotatable bonds is 12. The van der Waals surface area contributed by atoms with Crippen molar-refractivity contribution in [2.75, 3.05) is 35.8 Å². The minimum Gasteiger partial charge on any atom is -0.477 e. The molecule has 3 N–H and O–H groups in total. The molecule has 2 aliphatic heterocycles. The maximum Gasteiger partial charge on any atom is 0.352 e. The number of nitriles is 1. The molecule has 14 nitrogen and oxygen atoms in total. The number of sulfonamides is 1. The number of hydrogen-bond donors (Lipinski definition) is 3. The maximum atomic E-state index is 12.7. The second kappa shape index (κ2) is 11.4. The first-order valence-electron chi connectivity index (χ1n) is 9.60. The van der Waals surface area contributed by atoms with Crippen LogP contribution < -0.4 is 10.0 Å². The molecule has 3 rings (SSSR count). The Morgan fingerprint density at radius 3 is 2.85 bits per heavy atom. The van der Waals surface area contributed by atoms with Crippen LogP contribution in [0.25, 0.3) is 0 Å². The van der Waals surface area contributed by atoms with Crippen LogP contribution in [-0.4, -0.2) is 104 Å². The fourth-order valence-electron chi connectivity index (χ4n) is 3.13. The SMILES string of the molecule is CS(=O)(=O)NCCn1nnnc1SCC1=C(C(=O)O)N2C(=O)[C@@H](NC(=O)CSCC#N)[C@H]2SC1. The Labute approximate surface area is 207 Å². The summed E-state index contributed by atoms with van der Waals surface area (Å²) in [6.45, 7) is 0.269. The summed E-state index contributed by atoms with van der Waals surface area (Å²) in [4.78, 5) is 37.8. The Morgan fingerprint density at radius 1 is 1.41 bits per heavy atom. The van der Waals surface area contributed by atoms with Gasteiger partial charge in [0.05, 0.1) is 30.4 Å².